The van der Waals surface area contributed by atoms with E-state index in [1.807, 2.05) is 26.0 Å². The van der Waals surface area contributed by atoms with Crippen molar-refractivity contribution >= 4 is 0 Å². The first-order valence-electron chi connectivity index (χ1n) is 5.48. The Kier molecular flexibility index (Phi) is 2.92. The molecule has 5 heteroatoms. The van der Waals surface area contributed by atoms with E-state index in [-0.39, 0.29) is 0 Å². The molecule has 0 atom stereocenters. The molecule has 0 N–H and O–H groups in total. The van der Waals surface area contributed by atoms with Crippen molar-refractivity contribution in [2.75, 3.05) is 0 Å². The zero-order valence-electron chi connectivity index (χ0n) is 10.3. The third-order valence-corrected chi connectivity index (χ3v) is 3.05. The van der Waals surface area contributed by atoms with Crippen molar-refractivity contribution in [2.45, 2.75) is 20.0 Å². The Balaban J connectivity index is 2.56. The second-order valence-corrected chi connectivity index (χ2v) is 4.28. The quantitative estimate of drug-likeness (QED) is 0.758. The molecule has 0 fully saturated rings. The van der Waals surface area contributed by atoms with Crippen molar-refractivity contribution in [3.63, 3.8) is 0 Å². The van der Waals surface area contributed by atoms with Crippen LogP contribution in [0.15, 0.2) is 24.3 Å². The SMILES string of the molecule is Cc1cccc(-c2cc(C(F)(F)F)n(C)n2)c1C. The number of benzene rings is 1. The van der Waals surface area contributed by atoms with Gasteiger partial charge in [0.05, 0.1) is 5.69 Å². The summed E-state index contributed by atoms with van der Waals surface area (Å²) in [5.74, 6) is 0. The van der Waals surface area contributed by atoms with Crippen LogP contribution in [0, 0.1) is 13.8 Å². The van der Waals surface area contributed by atoms with Gasteiger partial charge in [-0.15, -0.1) is 0 Å². The maximum Gasteiger partial charge on any atom is 0.433 e. The molecular formula is C13H13F3N2. The average molecular weight is 254 g/mol. The van der Waals surface area contributed by atoms with Crippen LogP contribution in [0.2, 0.25) is 0 Å². The first-order chi connectivity index (χ1) is 8.30. The van der Waals surface area contributed by atoms with Crippen molar-refractivity contribution in [3.05, 3.63) is 41.1 Å². The number of halogens is 3. The zero-order valence-corrected chi connectivity index (χ0v) is 10.3. The predicted octanol–water partition coefficient (Wildman–Crippen LogP) is 3.72. The molecule has 0 amide bonds. The molecule has 0 bridgehead atoms. The van der Waals surface area contributed by atoms with E-state index in [4.69, 9.17) is 0 Å². The minimum absolute atomic E-state index is 0.353. The van der Waals surface area contributed by atoms with Crippen molar-refractivity contribution in [3.8, 4) is 11.3 Å². The van der Waals surface area contributed by atoms with Gasteiger partial charge in [-0.2, -0.15) is 18.3 Å². The lowest BCUT2D eigenvalue weighted by molar-refractivity contribution is -0.143. The van der Waals surface area contributed by atoms with Crippen molar-refractivity contribution in [1.29, 1.82) is 0 Å². The van der Waals surface area contributed by atoms with Gasteiger partial charge in [0, 0.05) is 12.6 Å². The molecule has 1 heterocycles. The maximum atomic E-state index is 12.7. The lowest BCUT2D eigenvalue weighted by Crippen LogP contribution is -2.11. The van der Waals surface area contributed by atoms with Crippen LogP contribution in [0.1, 0.15) is 16.8 Å². The van der Waals surface area contributed by atoms with Crippen LogP contribution in [0.25, 0.3) is 11.3 Å². The first-order valence-corrected chi connectivity index (χ1v) is 5.48. The summed E-state index contributed by atoms with van der Waals surface area (Å²) in [5, 5.41) is 3.95. The minimum Gasteiger partial charge on any atom is -0.263 e. The molecule has 0 aliphatic heterocycles. The number of hydrogen-bond acceptors (Lipinski definition) is 1. The maximum absolute atomic E-state index is 12.7. The average Bonchev–Trinajstić information content (AvgIpc) is 2.64. The molecule has 1 aromatic carbocycles. The summed E-state index contributed by atoms with van der Waals surface area (Å²) >= 11 is 0. The fraction of sp³-hybridized carbons (Fsp3) is 0.308. The zero-order chi connectivity index (χ0) is 13.5. The van der Waals surface area contributed by atoms with Crippen LogP contribution in [-0.4, -0.2) is 9.78 Å². The molecule has 18 heavy (non-hydrogen) atoms. The molecule has 2 aromatic rings. The summed E-state index contributed by atoms with van der Waals surface area (Å²) in [5.41, 5.74) is 2.33. The topological polar surface area (TPSA) is 17.8 Å². The summed E-state index contributed by atoms with van der Waals surface area (Å²) < 4.78 is 39.0. The van der Waals surface area contributed by atoms with Gasteiger partial charge >= 0.3 is 6.18 Å². The Morgan fingerprint density at radius 2 is 1.83 bits per heavy atom. The second-order valence-electron chi connectivity index (χ2n) is 4.28. The van der Waals surface area contributed by atoms with Crippen LogP contribution < -0.4 is 0 Å². The highest BCUT2D eigenvalue weighted by Gasteiger charge is 2.35. The standard InChI is InChI=1S/C13H13F3N2/c1-8-5-4-6-10(9(8)2)11-7-12(13(14,15)16)18(3)17-11/h4-7H,1-3H3. The van der Waals surface area contributed by atoms with Gasteiger partial charge in [-0.05, 0) is 31.0 Å². The van der Waals surface area contributed by atoms with E-state index >= 15 is 0 Å². The first kappa shape index (κ1) is 12.7. The normalized spacial score (nSPS) is 11.9. The van der Waals surface area contributed by atoms with Gasteiger partial charge in [0.15, 0.2) is 0 Å². The molecular weight excluding hydrogens is 241 g/mol. The Morgan fingerprint density at radius 1 is 1.17 bits per heavy atom. The molecule has 0 aliphatic carbocycles. The molecule has 0 saturated carbocycles. The Labute approximate surface area is 103 Å². The second kappa shape index (κ2) is 4.15. The molecule has 0 unspecified atom stereocenters. The predicted molar refractivity (Wildman–Crippen MR) is 63.1 cm³/mol. The highest BCUT2D eigenvalue weighted by Crippen LogP contribution is 2.33. The Hall–Kier alpha value is -1.78. The summed E-state index contributed by atoms with van der Waals surface area (Å²) in [4.78, 5) is 0. The van der Waals surface area contributed by atoms with Crippen LogP contribution in [-0.2, 0) is 13.2 Å². The number of aromatic nitrogens is 2. The third-order valence-electron chi connectivity index (χ3n) is 3.05. The number of aryl methyl sites for hydroxylation is 2. The summed E-state index contributed by atoms with van der Waals surface area (Å²) in [7, 11) is 1.30. The monoisotopic (exact) mass is 254 g/mol. The van der Waals surface area contributed by atoms with Gasteiger partial charge < -0.3 is 0 Å². The van der Waals surface area contributed by atoms with E-state index in [0.717, 1.165) is 27.4 Å². The van der Waals surface area contributed by atoms with Gasteiger partial charge in [0.1, 0.15) is 5.69 Å². The smallest absolute Gasteiger partial charge is 0.263 e. The van der Waals surface area contributed by atoms with E-state index in [0.29, 0.717) is 5.69 Å². The van der Waals surface area contributed by atoms with Crippen LogP contribution in [0.3, 0.4) is 0 Å². The van der Waals surface area contributed by atoms with Gasteiger partial charge in [-0.3, -0.25) is 4.68 Å². The van der Waals surface area contributed by atoms with Gasteiger partial charge in [0.25, 0.3) is 0 Å². The fourth-order valence-electron chi connectivity index (χ4n) is 1.89. The molecule has 0 spiro atoms. The molecule has 0 aliphatic rings. The number of hydrogen-bond donors (Lipinski definition) is 0. The summed E-state index contributed by atoms with van der Waals surface area (Å²) in [6, 6.07) is 6.61. The molecule has 2 rings (SSSR count). The van der Waals surface area contributed by atoms with Gasteiger partial charge in [-0.25, -0.2) is 0 Å². The number of rotatable bonds is 1. The van der Waals surface area contributed by atoms with Crippen molar-refractivity contribution in [1.82, 2.24) is 9.78 Å². The highest BCUT2D eigenvalue weighted by atomic mass is 19.4. The molecule has 1 aromatic heterocycles. The minimum atomic E-state index is -4.38. The fourth-order valence-corrected chi connectivity index (χ4v) is 1.89. The molecule has 0 saturated heterocycles. The largest absolute Gasteiger partial charge is 0.433 e. The third kappa shape index (κ3) is 2.12. The van der Waals surface area contributed by atoms with Gasteiger partial charge in [0.2, 0.25) is 0 Å². The van der Waals surface area contributed by atoms with E-state index in [9.17, 15) is 13.2 Å². The summed E-state index contributed by atoms with van der Waals surface area (Å²) in [6.07, 6.45) is -4.38. The van der Waals surface area contributed by atoms with Crippen LogP contribution >= 0.6 is 0 Å². The van der Waals surface area contributed by atoms with E-state index in [1.54, 1.807) is 6.07 Å². The van der Waals surface area contributed by atoms with Crippen molar-refractivity contribution in [2.24, 2.45) is 7.05 Å². The van der Waals surface area contributed by atoms with Gasteiger partial charge in [-0.1, -0.05) is 18.2 Å². The highest BCUT2D eigenvalue weighted by molar-refractivity contribution is 5.65. The lowest BCUT2D eigenvalue weighted by atomic mass is 10.0. The van der Waals surface area contributed by atoms with Crippen molar-refractivity contribution < 1.29 is 13.2 Å². The van der Waals surface area contributed by atoms with Crippen LogP contribution in [0.4, 0.5) is 13.2 Å². The number of alkyl halides is 3. The lowest BCUT2D eigenvalue weighted by Gasteiger charge is -2.05. The van der Waals surface area contributed by atoms with E-state index in [2.05, 4.69) is 5.10 Å². The number of nitrogens with zero attached hydrogens (tertiary/aromatic N) is 2. The Bertz CT molecular complexity index is 582. The Morgan fingerprint density at radius 3 is 2.39 bits per heavy atom. The molecule has 96 valence electrons. The van der Waals surface area contributed by atoms with Crippen LogP contribution in [0.5, 0.6) is 0 Å². The van der Waals surface area contributed by atoms with E-state index < -0.39 is 11.9 Å². The molecule has 0 radical (unpaired) electrons. The molecule has 2 nitrogen and oxygen atoms in total. The summed E-state index contributed by atoms with van der Waals surface area (Å²) in [6.45, 7) is 3.80. The van der Waals surface area contributed by atoms with E-state index in [1.165, 1.54) is 7.05 Å².